The number of carbonyl (C=O) groups is 2. The molecule has 0 radical (unpaired) electrons. The molecule has 4 rings (SSSR count). The summed E-state index contributed by atoms with van der Waals surface area (Å²) >= 11 is 13.5. The molecule has 0 saturated carbocycles. The maximum atomic E-state index is 12.8. The summed E-state index contributed by atoms with van der Waals surface area (Å²) in [6.45, 7) is 0. The zero-order valence-corrected chi connectivity index (χ0v) is 16.2. The first kappa shape index (κ1) is 18.0. The number of Topliss-reactive ketones (excluding diaryl/α,β-unsaturated/α-hetero) is 1. The highest BCUT2D eigenvalue weighted by atomic mass is 35.5. The number of anilines is 1. The Morgan fingerprint density at radius 3 is 2.52 bits per heavy atom. The lowest BCUT2D eigenvalue weighted by Gasteiger charge is -2.36. The van der Waals surface area contributed by atoms with E-state index in [2.05, 4.69) is 0 Å². The van der Waals surface area contributed by atoms with E-state index in [1.54, 1.807) is 48.5 Å². The summed E-state index contributed by atoms with van der Waals surface area (Å²) in [5, 5.41) is 2.92. The quantitative estimate of drug-likeness (QED) is 0.462. The first-order chi connectivity index (χ1) is 13.0. The molecule has 1 amide bonds. The molecule has 27 heavy (non-hydrogen) atoms. The maximum Gasteiger partial charge on any atom is 0.420 e. The fourth-order valence-corrected chi connectivity index (χ4v) is 4.07. The van der Waals surface area contributed by atoms with Gasteiger partial charge in [-0.25, -0.2) is 4.79 Å². The number of thiophene rings is 1. The van der Waals surface area contributed by atoms with Crippen LogP contribution in [0.4, 0.5) is 10.5 Å². The SMILES string of the molecule is O=C(CC1c2cc(Cl)ccc2OC(=O)N1c1ccc(Cl)cc1)c1cccs1. The van der Waals surface area contributed by atoms with Crippen molar-refractivity contribution in [3.05, 3.63) is 80.5 Å². The maximum absolute atomic E-state index is 12.8. The molecule has 3 aromatic rings. The van der Waals surface area contributed by atoms with Crippen molar-refractivity contribution in [2.75, 3.05) is 4.90 Å². The van der Waals surface area contributed by atoms with E-state index in [-0.39, 0.29) is 12.2 Å². The molecule has 0 aliphatic carbocycles. The summed E-state index contributed by atoms with van der Waals surface area (Å²) in [6, 6.07) is 14.9. The van der Waals surface area contributed by atoms with Crippen molar-refractivity contribution in [2.24, 2.45) is 0 Å². The van der Waals surface area contributed by atoms with Crippen molar-refractivity contribution >= 4 is 52.1 Å². The topological polar surface area (TPSA) is 46.6 Å². The number of halogens is 2. The Kier molecular flexibility index (Phi) is 4.91. The monoisotopic (exact) mass is 417 g/mol. The lowest BCUT2D eigenvalue weighted by atomic mass is 9.96. The van der Waals surface area contributed by atoms with Crippen molar-refractivity contribution in [1.82, 2.24) is 0 Å². The van der Waals surface area contributed by atoms with E-state index >= 15 is 0 Å². The third-order valence-corrected chi connectivity index (χ3v) is 5.71. The van der Waals surface area contributed by atoms with E-state index in [1.807, 2.05) is 11.4 Å². The molecule has 0 bridgehead atoms. The van der Waals surface area contributed by atoms with Crippen LogP contribution in [0, 0.1) is 0 Å². The number of ketones is 1. The Morgan fingerprint density at radius 2 is 1.81 bits per heavy atom. The zero-order chi connectivity index (χ0) is 19.0. The van der Waals surface area contributed by atoms with Crippen molar-refractivity contribution in [3.8, 4) is 5.75 Å². The van der Waals surface area contributed by atoms with Gasteiger partial charge in [0, 0.05) is 27.7 Å². The molecule has 0 fully saturated rings. The number of hydrogen-bond donors (Lipinski definition) is 0. The van der Waals surface area contributed by atoms with Gasteiger partial charge >= 0.3 is 6.09 Å². The van der Waals surface area contributed by atoms with Crippen LogP contribution in [0.5, 0.6) is 5.75 Å². The molecule has 7 heteroatoms. The Balaban J connectivity index is 1.79. The minimum absolute atomic E-state index is 0.0467. The van der Waals surface area contributed by atoms with Gasteiger partial charge in [0.2, 0.25) is 0 Å². The van der Waals surface area contributed by atoms with Crippen molar-refractivity contribution < 1.29 is 14.3 Å². The Labute approximate surface area is 169 Å². The van der Waals surface area contributed by atoms with Crippen LogP contribution >= 0.6 is 34.5 Å². The molecule has 1 aliphatic heterocycles. The molecule has 4 nitrogen and oxygen atoms in total. The second kappa shape index (κ2) is 7.35. The lowest BCUT2D eigenvalue weighted by molar-refractivity contribution is 0.0975. The molecule has 0 spiro atoms. The average Bonchev–Trinajstić information content (AvgIpc) is 3.18. The van der Waals surface area contributed by atoms with E-state index in [4.69, 9.17) is 27.9 Å². The summed E-state index contributed by atoms with van der Waals surface area (Å²) in [5.41, 5.74) is 1.29. The molecule has 1 unspecified atom stereocenters. The number of nitrogens with zero attached hydrogens (tertiary/aromatic N) is 1. The number of rotatable bonds is 4. The molecule has 0 N–H and O–H groups in total. The fraction of sp³-hybridized carbons (Fsp3) is 0.100. The van der Waals surface area contributed by atoms with Gasteiger partial charge in [-0.3, -0.25) is 9.69 Å². The van der Waals surface area contributed by atoms with Gasteiger partial charge in [0.05, 0.1) is 10.9 Å². The number of ether oxygens (including phenoxy) is 1. The van der Waals surface area contributed by atoms with Crippen LogP contribution in [0.1, 0.15) is 27.7 Å². The van der Waals surface area contributed by atoms with E-state index < -0.39 is 12.1 Å². The van der Waals surface area contributed by atoms with Gasteiger partial charge in [-0.15, -0.1) is 11.3 Å². The number of amides is 1. The van der Waals surface area contributed by atoms with Crippen LogP contribution in [-0.2, 0) is 0 Å². The van der Waals surface area contributed by atoms with Gasteiger partial charge in [0.15, 0.2) is 5.78 Å². The normalized spacial score (nSPS) is 16.0. The third-order valence-electron chi connectivity index (χ3n) is 4.32. The van der Waals surface area contributed by atoms with Gasteiger partial charge in [0.25, 0.3) is 0 Å². The van der Waals surface area contributed by atoms with E-state index in [1.165, 1.54) is 16.2 Å². The van der Waals surface area contributed by atoms with Gasteiger partial charge < -0.3 is 4.74 Å². The summed E-state index contributed by atoms with van der Waals surface area (Å²) in [5.74, 6) is 0.369. The van der Waals surface area contributed by atoms with Crippen LogP contribution in [-0.4, -0.2) is 11.9 Å². The van der Waals surface area contributed by atoms with Gasteiger partial charge in [-0.1, -0.05) is 29.3 Å². The molecule has 136 valence electrons. The predicted molar refractivity (Wildman–Crippen MR) is 107 cm³/mol. The predicted octanol–water partition coefficient (Wildman–Crippen LogP) is 6.39. The Bertz CT molecular complexity index is 1000. The molecular formula is C20H13Cl2NO3S. The molecule has 1 aliphatic rings. The highest BCUT2D eigenvalue weighted by molar-refractivity contribution is 7.12. The Hall–Kier alpha value is -2.34. The minimum Gasteiger partial charge on any atom is -0.410 e. The number of carbonyl (C=O) groups excluding carboxylic acids is 2. The highest BCUT2D eigenvalue weighted by Crippen LogP contribution is 2.41. The minimum atomic E-state index is -0.545. The summed E-state index contributed by atoms with van der Waals surface area (Å²) in [4.78, 5) is 27.6. The zero-order valence-electron chi connectivity index (χ0n) is 13.9. The van der Waals surface area contributed by atoms with Crippen LogP contribution in [0.25, 0.3) is 0 Å². The molecule has 1 atom stereocenters. The third kappa shape index (κ3) is 3.58. The van der Waals surface area contributed by atoms with Crippen LogP contribution in [0.3, 0.4) is 0 Å². The highest BCUT2D eigenvalue weighted by Gasteiger charge is 2.37. The molecule has 2 heterocycles. The molecule has 0 saturated heterocycles. The van der Waals surface area contributed by atoms with Crippen LogP contribution in [0.15, 0.2) is 60.0 Å². The number of hydrogen-bond acceptors (Lipinski definition) is 4. The summed E-state index contributed by atoms with van der Waals surface area (Å²) in [6.07, 6.45) is -0.429. The Morgan fingerprint density at radius 1 is 1.07 bits per heavy atom. The van der Waals surface area contributed by atoms with Gasteiger partial charge in [-0.2, -0.15) is 0 Å². The standard InChI is InChI=1S/C20H13Cl2NO3S/c21-12-3-6-14(7-4-12)23-16(11-17(24)19-2-1-9-27-19)15-10-13(22)5-8-18(15)26-20(23)25/h1-10,16H,11H2. The number of fused-ring (bicyclic) bond motifs is 1. The van der Waals surface area contributed by atoms with E-state index in [9.17, 15) is 9.59 Å². The van der Waals surface area contributed by atoms with E-state index in [0.29, 0.717) is 31.9 Å². The molecule has 1 aromatic heterocycles. The second-order valence-electron chi connectivity index (χ2n) is 6.02. The van der Waals surface area contributed by atoms with Gasteiger partial charge in [0.1, 0.15) is 5.75 Å². The summed E-state index contributed by atoms with van der Waals surface area (Å²) in [7, 11) is 0. The average molecular weight is 418 g/mol. The first-order valence-corrected chi connectivity index (χ1v) is 9.79. The smallest absolute Gasteiger partial charge is 0.410 e. The largest absolute Gasteiger partial charge is 0.420 e. The van der Waals surface area contributed by atoms with Crippen molar-refractivity contribution in [3.63, 3.8) is 0 Å². The van der Waals surface area contributed by atoms with Crippen molar-refractivity contribution in [1.29, 1.82) is 0 Å². The van der Waals surface area contributed by atoms with Crippen LogP contribution in [0.2, 0.25) is 10.0 Å². The van der Waals surface area contributed by atoms with E-state index in [0.717, 1.165) is 0 Å². The van der Waals surface area contributed by atoms with Crippen molar-refractivity contribution in [2.45, 2.75) is 12.5 Å². The fourth-order valence-electron chi connectivity index (χ4n) is 3.08. The number of benzene rings is 2. The summed E-state index contributed by atoms with van der Waals surface area (Å²) < 4.78 is 5.47. The molecule has 2 aromatic carbocycles. The lowest BCUT2D eigenvalue weighted by Crippen LogP contribution is -2.42. The van der Waals surface area contributed by atoms with Crippen LogP contribution < -0.4 is 9.64 Å². The van der Waals surface area contributed by atoms with Gasteiger partial charge in [-0.05, 0) is 53.9 Å². The molecular weight excluding hydrogens is 405 g/mol. The first-order valence-electron chi connectivity index (χ1n) is 8.15. The second-order valence-corrected chi connectivity index (χ2v) is 7.84.